The van der Waals surface area contributed by atoms with Gasteiger partial charge in [-0.05, 0) is 69.4 Å². The van der Waals surface area contributed by atoms with E-state index < -0.39 is 5.60 Å². The summed E-state index contributed by atoms with van der Waals surface area (Å²) in [6, 6.07) is 5.52. The molecule has 27 heavy (non-hydrogen) atoms. The van der Waals surface area contributed by atoms with Crippen LogP contribution in [0.1, 0.15) is 63.4 Å². The van der Waals surface area contributed by atoms with E-state index in [2.05, 4.69) is 0 Å². The smallest absolute Gasteiger partial charge is 0.225 e. The molecule has 1 spiro atoms. The minimum Gasteiger partial charge on any atom is -0.487 e. The van der Waals surface area contributed by atoms with E-state index in [0.29, 0.717) is 24.5 Å². The van der Waals surface area contributed by atoms with Gasteiger partial charge in [0.2, 0.25) is 5.91 Å². The Balaban J connectivity index is 1.16. The summed E-state index contributed by atoms with van der Waals surface area (Å²) in [5, 5.41) is 9.85. The van der Waals surface area contributed by atoms with E-state index in [1.54, 1.807) is 13.0 Å². The van der Waals surface area contributed by atoms with Gasteiger partial charge in [0.15, 0.2) is 11.6 Å². The number of halogens is 1. The molecule has 0 radical (unpaired) electrons. The highest BCUT2D eigenvalue weighted by Gasteiger charge is 2.53. The van der Waals surface area contributed by atoms with Crippen LogP contribution in [-0.2, 0) is 4.79 Å². The van der Waals surface area contributed by atoms with E-state index in [-0.39, 0.29) is 29.2 Å². The van der Waals surface area contributed by atoms with Crippen molar-refractivity contribution in [1.82, 2.24) is 4.90 Å². The van der Waals surface area contributed by atoms with Crippen LogP contribution in [0.2, 0.25) is 0 Å². The van der Waals surface area contributed by atoms with Crippen LogP contribution >= 0.6 is 0 Å². The summed E-state index contributed by atoms with van der Waals surface area (Å²) >= 11 is 0. The Morgan fingerprint density at radius 1 is 1.22 bits per heavy atom. The molecule has 1 N–H and O–H groups in total. The highest BCUT2D eigenvalue weighted by atomic mass is 19.1. The van der Waals surface area contributed by atoms with Crippen molar-refractivity contribution in [2.45, 2.75) is 69.5 Å². The average Bonchev–Trinajstić information content (AvgIpc) is 3.32. The summed E-state index contributed by atoms with van der Waals surface area (Å²) in [7, 11) is 0. The number of carbonyl (C=O) groups is 1. The quantitative estimate of drug-likeness (QED) is 0.877. The van der Waals surface area contributed by atoms with E-state index in [0.717, 1.165) is 50.8 Å². The molecular formula is C22H28FNO3. The molecule has 3 aliphatic carbocycles. The Kier molecular flexibility index (Phi) is 3.84. The predicted molar refractivity (Wildman–Crippen MR) is 99.0 cm³/mol. The van der Waals surface area contributed by atoms with E-state index in [1.165, 1.54) is 0 Å². The summed E-state index contributed by atoms with van der Waals surface area (Å²) < 4.78 is 20.7. The van der Waals surface area contributed by atoms with Gasteiger partial charge in [0, 0.05) is 24.4 Å². The van der Waals surface area contributed by atoms with Crippen LogP contribution < -0.4 is 4.74 Å². The van der Waals surface area contributed by atoms with Gasteiger partial charge in [-0.2, -0.15) is 0 Å². The lowest BCUT2D eigenvalue weighted by Crippen LogP contribution is -2.61. The second-order valence-corrected chi connectivity index (χ2v) is 9.71. The maximum absolute atomic E-state index is 14.7. The predicted octanol–water partition coefficient (Wildman–Crippen LogP) is 3.62. The van der Waals surface area contributed by atoms with Gasteiger partial charge >= 0.3 is 0 Å². The van der Waals surface area contributed by atoms with Gasteiger partial charge in [-0.25, -0.2) is 4.39 Å². The van der Waals surface area contributed by atoms with E-state index >= 15 is 0 Å². The molecule has 0 aromatic heterocycles. The van der Waals surface area contributed by atoms with Crippen molar-refractivity contribution >= 4 is 5.91 Å². The second-order valence-electron chi connectivity index (χ2n) is 9.71. The van der Waals surface area contributed by atoms with Gasteiger partial charge in [-0.15, -0.1) is 0 Å². The maximum Gasteiger partial charge on any atom is 0.225 e. The molecule has 1 aromatic carbocycles. The van der Waals surface area contributed by atoms with Gasteiger partial charge in [-0.1, -0.05) is 12.1 Å². The lowest BCUT2D eigenvalue weighted by Gasteiger charge is -2.51. The van der Waals surface area contributed by atoms with Crippen LogP contribution in [-0.4, -0.2) is 40.7 Å². The van der Waals surface area contributed by atoms with Crippen LogP contribution in [0, 0.1) is 17.2 Å². The molecule has 4 aliphatic rings. The standard InChI is InChI=1S/C22H28FNO3/c1-21(26)9-15(10-21)20(25)24-12-22(13-24)8-7-16(11-22)27-18-4-2-3-17(19(18)23)14-5-6-14/h2-4,14-16,26H,5-13H2,1H3. The molecule has 1 atom stereocenters. The SMILES string of the molecule is CC1(O)CC(C(=O)N2CC3(CCC(Oc4cccc(C5CC5)c4F)C3)C2)C1. The fourth-order valence-electron chi connectivity index (χ4n) is 5.40. The molecule has 5 heteroatoms. The van der Waals surface area contributed by atoms with Crippen molar-refractivity contribution < 1.29 is 19.0 Å². The number of likely N-dealkylation sites (tertiary alicyclic amines) is 1. The fourth-order valence-corrected chi connectivity index (χ4v) is 5.40. The molecule has 4 fully saturated rings. The first-order valence-corrected chi connectivity index (χ1v) is 10.3. The monoisotopic (exact) mass is 373 g/mol. The summed E-state index contributed by atoms with van der Waals surface area (Å²) in [4.78, 5) is 14.4. The topological polar surface area (TPSA) is 49.8 Å². The summed E-state index contributed by atoms with van der Waals surface area (Å²) in [6.07, 6.45) is 6.21. The summed E-state index contributed by atoms with van der Waals surface area (Å²) in [6.45, 7) is 3.37. The maximum atomic E-state index is 14.7. The van der Waals surface area contributed by atoms with Gasteiger partial charge in [0.25, 0.3) is 0 Å². The zero-order valence-electron chi connectivity index (χ0n) is 15.9. The summed E-state index contributed by atoms with van der Waals surface area (Å²) in [5.74, 6) is 0.778. The lowest BCUT2D eigenvalue weighted by atomic mass is 9.70. The van der Waals surface area contributed by atoms with Gasteiger partial charge < -0.3 is 14.7 Å². The fraction of sp³-hybridized carbons (Fsp3) is 0.682. The van der Waals surface area contributed by atoms with E-state index in [4.69, 9.17) is 4.74 Å². The number of benzene rings is 1. The Labute approximate surface area is 159 Å². The lowest BCUT2D eigenvalue weighted by molar-refractivity contribution is -0.161. The first-order chi connectivity index (χ1) is 12.8. The van der Waals surface area contributed by atoms with Crippen molar-refractivity contribution in [2.75, 3.05) is 13.1 Å². The van der Waals surface area contributed by atoms with Crippen molar-refractivity contribution in [3.63, 3.8) is 0 Å². The molecule has 1 aromatic rings. The van der Waals surface area contributed by atoms with Crippen LogP contribution in [0.5, 0.6) is 5.75 Å². The van der Waals surface area contributed by atoms with Crippen LogP contribution in [0.3, 0.4) is 0 Å². The van der Waals surface area contributed by atoms with E-state index in [1.807, 2.05) is 17.0 Å². The average molecular weight is 373 g/mol. The minimum atomic E-state index is -0.658. The minimum absolute atomic E-state index is 0.00920. The van der Waals surface area contributed by atoms with Crippen LogP contribution in [0.15, 0.2) is 18.2 Å². The highest BCUT2D eigenvalue weighted by molar-refractivity contribution is 5.81. The number of aliphatic hydroxyl groups is 1. The molecule has 1 amide bonds. The number of nitrogens with zero attached hydrogens (tertiary/aromatic N) is 1. The number of carbonyl (C=O) groups excluding carboxylic acids is 1. The van der Waals surface area contributed by atoms with Crippen molar-refractivity contribution in [3.8, 4) is 5.75 Å². The van der Waals surface area contributed by atoms with Gasteiger partial charge in [0.05, 0.1) is 11.7 Å². The summed E-state index contributed by atoms with van der Waals surface area (Å²) in [5.41, 5.74) is 0.294. The zero-order chi connectivity index (χ0) is 18.8. The molecule has 146 valence electrons. The highest BCUT2D eigenvalue weighted by Crippen LogP contribution is 2.49. The first kappa shape index (κ1) is 17.5. The molecule has 1 aliphatic heterocycles. The second kappa shape index (κ2) is 5.94. The third kappa shape index (κ3) is 3.14. The number of hydrogen-bond acceptors (Lipinski definition) is 3. The first-order valence-electron chi connectivity index (χ1n) is 10.3. The molecule has 1 saturated heterocycles. The third-order valence-electron chi connectivity index (χ3n) is 7.05. The Morgan fingerprint density at radius 3 is 2.63 bits per heavy atom. The third-order valence-corrected chi connectivity index (χ3v) is 7.05. The zero-order valence-corrected chi connectivity index (χ0v) is 15.9. The Hall–Kier alpha value is -1.62. The molecular weight excluding hydrogens is 345 g/mol. The van der Waals surface area contributed by atoms with Gasteiger partial charge in [-0.3, -0.25) is 4.79 Å². The Bertz CT molecular complexity index is 759. The van der Waals surface area contributed by atoms with Crippen LogP contribution in [0.4, 0.5) is 4.39 Å². The molecule has 5 rings (SSSR count). The molecule has 1 heterocycles. The van der Waals surface area contributed by atoms with Gasteiger partial charge in [0.1, 0.15) is 0 Å². The largest absolute Gasteiger partial charge is 0.487 e. The molecule has 3 saturated carbocycles. The van der Waals surface area contributed by atoms with Crippen molar-refractivity contribution in [3.05, 3.63) is 29.6 Å². The van der Waals surface area contributed by atoms with Crippen LogP contribution in [0.25, 0.3) is 0 Å². The number of hydrogen-bond donors (Lipinski definition) is 1. The molecule has 1 unspecified atom stereocenters. The van der Waals surface area contributed by atoms with E-state index in [9.17, 15) is 14.3 Å². The molecule has 4 nitrogen and oxygen atoms in total. The normalized spacial score (nSPS) is 34.3. The Morgan fingerprint density at radius 2 is 1.96 bits per heavy atom. The van der Waals surface area contributed by atoms with Crippen molar-refractivity contribution in [2.24, 2.45) is 11.3 Å². The number of amides is 1. The number of ether oxygens (including phenoxy) is 1. The number of rotatable bonds is 4. The molecule has 0 bridgehead atoms. The van der Waals surface area contributed by atoms with Crippen molar-refractivity contribution in [1.29, 1.82) is 0 Å².